The zero-order valence-electron chi connectivity index (χ0n) is 22.1. The van der Waals surface area contributed by atoms with E-state index in [1.54, 1.807) is 13.0 Å². The van der Waals surface area contributed by atoms with Crippen molar-refractivity contribution in [2.75, 3.05) is 18.5 Å². The number of amides is 1. The summed E-state index contributed by atoms with van der Waals surface area (Å²) in [6.45, 7) is 1.59. The molecule has 4 saturated carbocycles. The highest BCUT2D eigenvalue weighted by atomic mass is 32.1. The number of carbonyl (C=O) groups excluding carboxylic acids is 3. The third-order valence-corrected chi connectivity index (χ3v) is 9.90. The molecule has 2 aromatic carbocycles. The largest absolute Gasteiger partial charge is 0.462 e. The topological polar surface area (TPSA) is 81.7 Å². The molecule has 0 aliphatic heterocycles. The summed E-state index contributed by atoms with van der Waals surface area (Å²) in [6.07, 6.45) is 5.91. The number of benzene rings is 2. The van der Waals surface area contributed by atoms with Crippen LogP contribution in [0.2, 0.25) is 0 Å². The van der Waals surface area contributed by atoms with Gasteiger partial charge < -0.3 is 14.8 Å². The SMILES string of the molecule is CCOC(=O)c1sc(-c2ccccc2)cc1NC(=O)COC(=O)C12C[C@H]3C[C@H](C1)CC(c1ccccc1)(C3)C2. The van der Waals surface area contributed by atoms with Crippen LogP contribution in [0.5, 0.6) is 0 Å². The van der Waals surface area contributed by atoms with Gasteiger partial charge in [0.1, 0.15) is 4.88 Å². The highest BCUT2D eigenvalue weighted by Gasteiger charge is 2.61. The van der Waals surface area contributed by atoms with Crippen molar-refractivity contribution < 1.29 is 23.9 Å². The number of nitrogens with one attached hydrogen (secondary N) is 1. The third-order valence-electron chi connectivity index (χ3n) is 8.74. The Bertz CT molecular complexity index is 1370. The van der Waals surface area contributed by atoms with Crippen LogP contribution < -0.4 is 5.32 Å². The minimum atomic E-state index is -0.529. The molecule has 1 N–H and O–H groups in total. The van der Waals surface area contributed by atoms with E-state index in [2.05, 4.69) is 29.6 Å². The van der Waals surface area contributed by atoms with E-state index in [0.29, 0.717) is 22.4 Å². The second kappa shape index (κ2) is 10.3. The lowest BCUT2D eigenvalue weighted by Crippen LogP contribution is -2.57. The monoisotopic (exact) mass is 543 g/mol. The predicted molar refractivity (Wildman–Crippen MR) is 151 cm³/mol. The number of thiophene rings is 1. The van der Waals surface area contributed by atoms with E-state index in [1.807, 2.05) is 36.4 Å². The summed E-state index contributed by atoms with van der Waals surface area (Å²) in [5.41, 5.74) is 2.13. The van der Waals surface area contributed by atoms with E-state index in [-0.39, 0.29) is 24.6 Å². The summed E-state index contributed by atoms with van der Waals surface area (Å²) < 4.78 is 10.9. The first-order valence-corrected chi connectivity index (χ1v) is 14.6. The molecule has 0 unspecified atom stereocenters. The van der Waals surface area contributed by atoms with Gasteiger partial charge in [0, 0.05) is 4.88 Å². The Hall–Kier alpha value is -3.45. The molecule has 0 saturated heterocycles. The Balaban J connectivity index is 1.16. The maximum Gasteiger partial charge on any atom is 0.350 e. The predicted octanol–water partition coefficient (Wildman–Crippen LogP) is 6.61. The molecule has 6 nitrogen and oxygen atoms in total. The summed E-state index contributed by atoms with van der Waals surface area (Å²) in [4.78, 5) is 40.3. The van der Waals surface area contributed by atoms with Crippen LogP contribution in [0.15, 0.2) is 66.7 Å². The fraction of sp³-hybridized carbons (Fsp3) is 0.406. The fourth-order valence-corrected chi connectivity index (χ4v) is 8.69. The van der Waals surface area contributed by atoms with Gasteiger partial charge >= 0.3 is 11.9 Å². The van der Waals surface area contributed by atoms with Gasteiger partial charge in [0.2, 0.25) is 0 Å². The minimum Gasteiger partial charge on any atom is -0.462 e. The van der Waals surface area contributed by atoms with E-state index in [9.17, 15) is 14.4 Å². The Morgan fingerprint density at radius 3 is 2.26 bits per heavy atom. The summed E-state index contributed by atoms with van der Waals surface area (Å²) in [5, 5.41) is 2.80. The first-order chi connectivity index (χ1) is 18.9. The van der Waals surface area contributed by atoms with Crippen LogP contribution in [0.4, 0.5) is 5.69 Å². The van der Waals surface area contributed by atoms with E-state index >= 15 is 0 Å². The normalized spacial score (nSPS) is 26.7. The van der Waals surface area contributed by atoms with Crippen molar-refractivity contribution in [1.29, 1.82) is 0 Å². The van der Waals surface area contributed by atoms with Crippen LogP contribution in [0, 0.1) is 17.3 Å². The van der Waals surface area contributed by atoms with Crippen molar-refractivity contribution in [3.05, 3.63) is 77.2 Å². The Labute approximate surface area is 232 Å². The van der Waals surface area contributed by atoms with Gasteiger partial charge in [-0.2, -0.15) is 0 Å². The standard InChI is InChI=1S/C32H33NO5S/c1-2-37-29(35)28-25(14-26(39-28)23-9-5-3-6-10-23)33-27(34)19-38-30(36)32-17-21-13-22(18-32)16-31(15-21,20-32)24-11-7-4-8-12-24/h3-12,14,21-22H,2,13,15-20H2,1H3,(H,33,34)/t21-,22-,31?,32?/m0/s1. The summed E-state index contributed by atoms with van der Waals surface area (Å²) in [5.74, 6) is -0.178. The van der Waals surface area contributed by atoms with Gasteiger partial charge in [-0.3, -0.25) is 9.59 Å². The second-order valence-electron chi connectivity index (χ2n) is 11.5. The van der Waals surface area contributed by atoms with Gasteiger partial charge in [0.25, 0.3) is 5.91 Å². The maximum absolute atomic E-state index is 13.6. The van der Waals surface area contributed by atoms with E-state index in [1.165, 1.54) is 23.3 Å². The molecule has 0 radical (unpaired) electrons. The van der Waals surface area contributed by atoms with Gasteiger partial charge in [-0.15, -0.1) is 11.3 Å². The van der Waals surface area contributed by atoms with Gasteiger partial charge in [-0.05, 0) is 79.9 Å². The molecule has 3 aromatic rings. The van der Waals surface area contributed by atoms with Gasteiger partial charge in [-0.1, -0.05) is 60.7 Å². The lowest BCUT2D eigenvalue weighted by molar-refractivity contribution is -0.175. The minimum absolute atomic E-state index is 0.0195. The van der Waals surface area contributed by atoms with Crippen LogP contribution in [0.3, 0.4) is 0 Å². The molecule has 1 heterocycles. The van der Waals surface area contributed by atoms with Crippen molar-refractivity contribution in [3.63, 3.8) is 0 Å². The van der Waals surface area contributed by atoms with Crippen molar-refractivity contribution in [2.45, 2.75) is 50.9 Å². The number of hydrogen-bond acceptors (Lipinski definition) is 6. The van der Waals surface area contributed by atoms with Crippen LogP contribution in [0.25, 0.3) is 10.4 Å². The highest BCUT2D eigenvalue weighted by molar-refractivity contribution is 7.18. The molecular formula is C32H33NO5S. The Morgan fingerprint density at radius 2 is 1.59 bits per heavy atom. The third kappa shape index (κ3) is 4.89. The lowest BCUT2D eigenvalue weighted by atomic mass is 9.43. The molecule has 4 aliphatic rings. The molecule has 4 fully saturated rings. The van der Waals surface area contributed by atoms with E-state index in [0.717, 1.165) is 42.5 Å². The molecule has 39 heavy (non-hydrogen) atoms. The van der Waals surface area contributed by atoms with Gasteiger partial charge in [0.15, 0.2) is 6.61 Å². The van der Waals surface area contributed by atoms with Crippen LogP contribution in [-0.2, 0) is 24.5 Å². The van der Waals surface area contributed by atoms with Crippen LogP contribution in [0.1, 0.15) is 60.7 Å². The average Bonchev–Trinajstić information content (AvgIpc) is 3.36. The molecule has 2 atom stereocenters. The maximum atomic E-state index is 13.6. The highest BCUT2D eigenvalue weighted by Crippen LogP contribution is 2.66. The fourth-order valence-electron chi connectivity index (χ4n) is 7.68. The number of rotatable bonds is 8. The second-order valence-corrected chi connectivity index (χ2v) is 12.5. The number of anilines is 1. The zero-order valence-corrected chi connectivity index (χ0v) is 22.9. The lowest BCUT2D eigenvalue weighted by Gasteiger charge is -2.61. The Kier molecular flexibility index (Phi) is 6.79. The molecule has 7 heteroatoms. The molecule has 4 bridgehead atoms. The number of ether oxygens (including phenoxy) is 2. The van der Waals surface area contributed by atoms with Crippen molar-refractivity contribution >= 4 is 34.9 Å². The zero-order chi connectivity index (χ0) is 27.0. The van der Waals surface area contributed by atoms with Gasteiger partial charge in [0.05, 0.1) is 17.7 Å². The average molecular weight is 544 g/mol. The molecule has 1 aromatic heterocycles. The van der Waals surface area contributed by atoms with E-state index in [4.69, 9.17) is 9.47 Å². The van der Waals surface area contributed by atoms with E-state index < -0.39 is 17.3 Å². The van der Waals surface area contributed by atoms with Crippen molar-refractivity contribution in [1.82, 2.24) is 0 Å². The Morgan fingerprint density at radius 1 is 0.923 bits per heavy atom. The first-order valence-electron chi connectivity index (χ1n) is 13.8. The molecular weight excluding hydrogens is 510 g/mol. The number of carbonyl (C=O) groups is 3. The molecule has 1 amide bonds. The van der Waals surface area contributed by atoms with Crippen molar-refractivity contribution in [3.8, 4) is 10.4 Å². The van der Waals surface area contributed by atoms with Crippen LogP contribution >= 0.6 is 11.3 Å². The summed E-state index contributed by atoms with van der Waals surface area (Å²) >= 11 is 1.27. The van der Waals surface area contributed by atoms with Crippen molar-refractivity contribution in [2.24, 2.45) is 17.3 Å². The smallest absolute Gasteiger partial charge is 0.350 e. The quantitative estimate of drug-likeness (QED) is 0.323. The first kappa shape index (κ1) is 25.8. The summed E-state index contributed by atoms with van der Waals surface area (Å²) in [7, 11) is 0. The molecule has 7 rings (SSSR count). The molecule has 202 valence electrons. The van der Waals surface area contributed by atoms with Gasteiger partial charge in [-0.25, -0.2) is 4.79 Å². The molecule has 4 aliphatic carbocycles. The molecule has 0 spiro atoms. The number of esters is 2. The number of hydrogen-bond donors (Lipinski definition) is 1. The summed E-state index contributed by atoms with van der Waals surface area (Å²) in [6, 6.07) is 22.0. The van der Waals surface area contributed by atoms with Crippen LogP contribution in [-0.4, -0.2) is 31.1 Å².